The lowest BCUT2D eigenvalue weighted by molar-refractivity contribution is -0.144. The van der Waals surface area contributed by atoms with Crippen LogP contribution in [-0.4, -0.2) is 41.1 Å². The fraction of sp³-hybridized carbons (Fsp3) is 0.355. The van der Waals surface area contributed by atoms with Gasteiger partial charge in [-0.05, 0) is 65.6 Å². The maximum Gasteiger partial charge on any atom is 0.416 e. The number of carboxylic acid groups (broad SMARTS) is 1. The van der Waals surface area contributed by atoms with Crippen molar-refractivity contribution in [2.24, 2.45) is 5.92 Å². The van der Waals surface area contributed by atoms with Crippen molar-refractivity contribution in [3.05, 3.63) is 106 Å². The highest BCUT2D eigenvalue weighted by atomic mass is 19.4. The van der Waals surface area contributed by atoms with Gasteiger partial charge in [0.05, 0.1) is 30.3 Å². The summed E-state index contributed by atoms with van der Waals surface area (Å²) in [4.78, 5) is 25.3. The monoisotopic (exact) mass is 629 g/mol. The van der Waals surface area contributed by atoms with Gasteiger partial charge >= 0.3 is 18.3 Å². The van der Waals surface area contributed by atoms with Crippen LogP contribution in [0, 0.1) is 17.6 Å². The van der Waals surface area contributed by atoms with Gasteiger partial charge in [0.1, 0.15) is 11.6 Å². The summed E-state index contributed by atoms with van der Waals surface area (Å²) < 4.78 is 114. The third kappa shape index (κ3) is 8.34. The molecule has 5 nitrogen and oxygen atoms in total. The van der Waals surface area contributed by atoms with Gasteiger partial charge in [-0.1, -0.05) is 24.3 Å². The lowest BCUT2D eigenvalue weighted by Crippen LogP contribution is -2.49. The number of carbonyl (C=O) groups is 2. The molecule has 1 amide bonds. The van der Waals surface area contributed by atoms with Gasteiger partial charge in [-0.2, -0.15) is 26.3 Å². The van der Waals surface area contributed by atoms with E-state index in [1.165, 1.54) is 53.4 Å². The molecule has 0 saturated carbocycles. The van der Waals surface area contributed by atoms with E-state index in [1.807, 2.05) is 0 Å². The van der Waals surface area contributed by atoms with Crippen LogP contribution in [0.15, 0.2) is 66.7 Å². The third-order valence-corrected chi connectivity index (χ3v) is 7.50. The van der Waals surface area contributed by atoms with Gasteiger partial charge in [-0.3, -0.25) is 9.59 Å². The largest absolute Gasteiger partial charge is 0.481 e. The van der Waals surface area contributed by atoms with Crippen molar-refractivity contribution < 1.29 is 54.6 Å². The normalized spacial score (nSPS) is 17.6. The number of ether oxygens (including phenoxy) is 1. The average Bonchev–Trinajstić information content (AvgIpc) is 2.96. The summed E-state index contributed by atoms with van der Waals surface area (Å²) in [6.07, 6.45) is -11.5. The molecule has 2 atom stereocenters. The van der Waals surface area contributed by atoms with Gasteiger partial charge in [-0.25, -0.2) is 8.78 Å². The van der Waals surface area contributed by atoms with Crippen molar-refractivity contribution in [1.82, 2.24) is 4.90 Å². The second kappa shape index (κ2) is 13.3. The van der Waals surface area contributed by atoms with Crippen molar-refractivity contribution in [2.75, 3.05) is 13.1 Å². The predicted octanol–water partition coefficient (Wildman–Crippen LogP) is 7.43. The molecule has 0 bridgehead atoms. The molecule has 0 aliphatic carbocycles. The van der Waals surface area contributed by atoms with E-state index in [4.69, 9.17) is 9.84 Å². The molecular formula is C31H27F8NO4. The Kier molecular flexibility index (Phi) is 9.97. The van der Waals surface area contributed by atoms with Crippen molar-refractivity contribution in [2.45, 2.75) is 50.2 Å². The number of nitrogens with zero attached hydrogens (tertiary/aromatic N) is 1. The molecule has 0 radical (unpaired) electrons. The SMILES string of the molecule is O=C(O)CCC(=O)N1CC[C@H](OCc2cc(C(F)(F)F)cc(C(F)(F)F)c2)[C@H](C(c2ccc(F)cc2)c2ccc(F)cc2)C1. The predicted molar refractivity (Wildman–Crippen MR) is 141 cm³/mol. The maximum atomic E-state index is 13.8. The van der Waals surface area contributed by atoms with Gasteiger partial charge in [0.25, 0.3) is 0 Å². The van der Waals surface area contributed by atoms with E-state index in [0.29, 0.717) is 23.3 Å². The highest BCUT2D eigenvalue weighted by Gasteiger charge is 2.40. The number of benzene rings is 3. The molecule has 3 aromatic carbocycles. The molecule has 1 heterocycles. The molecule has 4 rings (SSSR count). The number of rotatable bonds is 9. The third-order valence-electron chi connectivity index (χ3n) is 7.50. The fourth-order valence-electron chi connectivity index (χ4n) is 5.42. The summed E-state index contributed by atoms with van der Waals surface area (Å²) in [5.74, 6) is -4.11. The minimum absolute atomic E-state index is 0.0205. The Morgan fingerprint density at radius 3 is 1.77 bits per heavy atom. The number of carbonyl (C=O) groups excluding carboxylic acids is 1. The smallest absolute Gasteiger partial charge is 0.416 e. The molecular weight excluding hydrogens is 602 g/mol. The van der Waals surface area contributed by atoms with Gasteiger partial charge in [-0.15, -0.1) is 0 Å². The first kappa shape index (κ1) is 32.9. The summed E-state index contributed by atoms with van der Waals surface area (Å²) >= 11 is 0. The Balaban J connectivity index is 1.71. The minimum atomic E-state index is -5.05. The molecule has 0 unspecified atom stereocenters. The van der Waals surface area contributed by atoms with E-state index in [0.717, 1.165) is 0 Å². The second-order valence-corrected chi connectivity index (χ2v) is 10.5. The van der Waals surface area contributed by atoms with E-state index in [1.54, 1.807) is 0 Å². The molecule has 1 saturated heterocycles. The number of piperidine rings is 1. The van der Waals surface area contributed by atoms with E-state index in [2.05, 4.69) is 0 Å². The molecule has 1 N–H and O–H groups in total. The van der Waals surface area contributed by atoms with Gasteiger partial charge in [0, 0.05) is 31.3 Å². The van der Waals surface area contributed by atoms with E-state index in [-0.39, 0.29) is 37.6 Å². The van der Waals surface area contributed by atoms with Crippen LogP contribution in [0.25, 0.3) is 0 Å². The summed E-state index contributed by atoms with van der Waals surface area (Å²) in [6.45, 7) is -0.574. The molecule has 1 fully saturated rings. The summed E-state index contributed by atoms with van der Waals surface area (Å²) in [7, 11) is 0. The zero-order valence-corrected chi connectivity index (χ0v) is 23.0. The summed E-state index contributed by atoms with van der Waals surface area (Å²) in [6, 6.07) is 11.9. The van der Waals surface area contributed by atoms with Crippen LogP contribution in [0.3, 0.4) is 0 Å². The quantitative estimate of drug-likeness (QED) is 0.250. The first-order valence-electron chi connectivity index (χ1n) is 13.5. The fourth-order valence-corrected chi connectivity index (χ4v) is 5.42. The second-order valence-electron chi connectivity index (χ2n) is 10.5. The molecule has 1 aliphatic heterocycles. The Hall–Kier alpha value is -4.00. The standard InChI is InChI=1S/C31H27F8NO4/c32-23-5-1-19(2-6-23)29(20-3-7-24(33)8-4-20)25-16-40(27(41)9-10-28(42)43)12-11-26(25)44-17-18-13-21(30(34,35)36)15-22(14-18)31(37,38)39/h1-8,13-15,25-26,29H,9-12,16-17H2,(H,42,43)/t25-,26+/m1/s1. The lowest BCUT2D eigenvalue weighted by Gasteiger charge is -2.42. The van der Waals surface area contributed by atoms with Crippen LogP contribution in [0.5, 0.6) is 0 Å². The molecule has 0 aromatic heterocycles. The minimum Gasteiger partial charge on any atom is -0.481 e. The summed E-state index contributed by atoms with van der Waals surface area (Å²) in [5, 5.41) is 9.01. The first-order chi connectivity index (χ1) is 20.6. The van der Waals surface area contributed by atoms with Crippen LogP contribution in [0.1, 0.15) is 53.0 Å². The number of aliphatic carboxylic acids is 1. The topological polar surface area (TPSA) is 66.8 Å². The van der Waals surface area contributed by atoms with Crippen molar-refractivity contribution in [3.63, 3.8) is 0 Å². The van der Waals surface area contributed by atoms with Crippen molar-refractivity contribution in [1.29, 1.82) is 0 Å². The van der Waals surface area contributed by atoms with E-state index in [9.17, 15) is 44.7 Å². The Morgan fingerprint density at radius 1 is 0.818 bits per heavy atom. The Bertz CT molecular complexity index is 1380. The van der Waals surface area contributed by atoms with Crippen LogP contribution in [0.2, 0.25) is 0 Å². The number of hydrogen-bond donors (Lipinski definition) is 1. The first-order valence-corrected chi connectivity index (χ1v) is 13.5. The Labute approximate surface area is 247 Å². The van der Waals surface area contributed by atoms with E-state index >= 15 is 0 Å². The zero-order chi connectivity index (χ0) is 32.2. The summed E-state index contributed by atoms with van der Waals surface area (Å²) in [5.41, 5.74) is -2.27. The van der Waals surface area contributed by atoms with Crippen LogP contribution < -0.4 is 0 Å². The van der Waals surface area contributed by atoms with Gasteiger partial charge in [0.15, 0.2) is 0 Å². The van der Waals surface area contributed by atoms with Crippen LogP contribution in [0.4, 0.5) is 35.1 Å². The number of carboxylic acids is 1. The van der Waals surface area contributed by atoms with Crippen molar-refractivity contribution >= 4 is 11.9 Å². The molecule has 0 spiro atoms. The van der Waals surface area contributed by atoms with Crippen LogP contribution >= 0.6 is 0 Å². The lowest BCUT2D eigenvalue weighted by atomic mass is 9.75. The van der Waals surface area contributed by atoms with Gasteiger partial charge < -0.3 is 14.7 Å². The maximum absolute atomic E-state index is 13.8. The number of hydrogen-bond acceptors (Lipinski definition) is 3. The molecule has 1 aliphatic rings. The molecule has 236 valence electrons. The van der Waals surface area contributed by atoms with Gasteiger partial charge in [0.2, 0.25) is 5.91 Å². The van der Waals surface area contributed by atoms with Crippen LogP contribution in [-0.2, 0) is 33.3 Å². The van der Waals surface area contributed by atoms with Crippen molar-refractivity contribution in [3.8, 4) is 0 Å². The molecule has 44 heavy (non-hydrogen) atoms. The highest BCUT2D eigenvalue weighted by molar-refractivity contribution is 5.80. The number of alkyl halides is 6. The molecule has 13 heteroatoms. The highest BCUT2D eigenvalue weighted by Crippen LogP contribution is 2.40. The number of halogens is 8. The molecule has 3 aromatic rings. The number of likely N-dealkylation sites (tertiary alicyclic amines) is 1. The average molecular weight is 630 g/mol. The Morgan fingerprint density at radius 2 is 1.32 bits per heavy atom. The van der Waals surface area contributed by atoms with E-state index < -0.39 is 78.0 Å². The number of amides is 1. The zero-order valence-electron chi connectivity index (χ0n) is 23.0.